The van der Waals surface area contributed by atoms with Crippen LogP contribution in [0.1, 0.15) is 18.3 Å². The first-order valence-corrected chi connectivity index (χ1v) is 5.71. The van der Waals surface area contributed by atoms with Crippen molar-refractivity contribution in [2.75, 3.05) is 0 Å². The zero-order valence-electron chi connectivity index (χ0n) is 9.99. The van der Waals surface area contributed by atoms with Crippen LogP contribution in [0.3, 0.4) is 0 Å². The summed E-state index contributed by atoms with van der Waals surface area (Å²) in [5, 5.41) is 12.5. The predicted octanol–water partition coefficient (Wildman–Crippen LogP) is 1.35. The molecule has 0 aliphatic heterocycles. The molecule has 90 valence electrons. The van der Waals surface area contributed by atoms with Crippen molar-refractivity contribution in [3.63, 3.8) is 0 Å². The van der Waals surface area contributed by atoms with Gasteiger partial charge >= 0.3 is 0 Å². The van der Waals surface area contributed by atoms with Crippen molar-refractivity contribution in [3.05, 3.63) is 60.0 Å². The molecule has 0 radical (unpaired) electrons. The van der Waals surface area contributed by atoms with E-state index in [0.717, 1.165) is 5.56 Å². The molecule has 0 bridgehead atoms. The summed E-state index contributed by atoms with van der Waals surface area (Å²) in [4.78, 5) is 0. The van der Waals surface area contributed by atoms with E-state index in [1.807, 2.05) is 49.4 Å². The molecule has 18 heavy (non-hydrogen) atoms. The van der Waals surface area contributed by atoms with Crippen molar-refractivity contribution in [1.29, 1.82) is 0 Å². The van der Waals surface area contributed by atoms with E-state index in [9.17, 15) is 0 Å². The number of nitrogens with two attached hydrogens (primary N) is 1. The average Bonchev–Trinajstić information content (AvgIpc) is 2.84. The van der Waals surface area contributed by atoms with Crippen LogP contribution in [0.25, 0.3) is 5.65 Å². The highest BCUT2D eigenvalue weighted by Crippen LogP contribution is 2.24. The Morgan fingerprint density at radius 2 is 1.83 bits per heavy atom. The number of rotatable bonds is 2. The van der Waals surface area contributed by atoms with E-state index >= 15 is 0 Å². The molecule has 0 amide bonds. The lowest BCUT2D eigenvalue weighted by molar-refractivity contribution is 0.538. The highest BCUT2D eigenvalue weighted by molar-refractivity contribution is 5.39. The summed E-state index contributed by atoms with van der Waals surface area (Å²) >= 11 is 0. The van der Waals surface area contributed by atoms with Crippen LogP contribution < -0.4 is 5.73 Å². The molecule has 1 atom stereocenters. The fraction of sp³-hybridized carbons (Fsp3) is 0.154. The van der Waals surface area contributed by atoms with Crippen molar-refractivity contribution in [3.8, 4) is 0 Å². The maximum absolute atomic E-state index is 6.41. The highest BCUT2D eigenvalue weighted by Gasteiger charge is 2.29. The molecular formula is C13H13N5. The molecule has 0 aliphatic carbocycles. The van der Waals surface area contributed by atoms with Crippen LogP contribution in [0.15, 0.2) is 48.7 Å². The van der Waals surface area contributed by atoms with Gasteiger partial charge in [0.05, 0.1) is 0 Å². The molecule has 5 heteroatoms. The first kappa shape index (κ1) is 10.9. The van der Waals surface area contributed by atoms with Crippen LogP contribution in [0, 0.1) is 0 Å². The third kappa shape index (κ3) is 1.56. The Kier molecular flexibility index (Phi) is 2.34. The van der Waals surface area contributed by atoms with E-state index in [-0.39, 0.29) is 0 Å². The standard InChI is InChI=1S/C13H13N5/c1-13(14,10-6-3-2-4-7-10)12-17-16-11-8-5-9-15-18(11)12/h2-9H,14H2,1H3. The second kappa shape index (κ2) is 3.89. The van der Waals surface area contributed by atoms with E-state index in [1.165, 1.54) is 0 Å². The van der Waals surface area contributed by atoms with E-state index in [0.29, 0.717) is 11.5 Å². The molecule has 2 heterocycles. The van der Waals surface area contributed by atoms with Crippen molar-refractivity contribution < 1.29 is 0 Å². The van der Waals surface area contributed by atoms with Gasteiger partial charge in [-0.1, -0.05) is 30.3 Å². The van der Waals surface area contributed by atoms with Gasteiger partial charge in [-0.25, -0.2) is 0 Å². The van der Waals surface area contributed by atoms with Crippen LogP contribution in [-0.2, 0) is 5.54 Å². The Balaban J connectivity index is 2.20. The van der Waals surface area contributed by atoms with Crippen LogP contribution in [-0.4, -0.2) is 19.8 Å². The summed E-state index contributed by atoms with van der Waals surface area (Å²) in [6.07, 6.45) is 1.70. The number of hydrogen-bond acceptors (Lipinski definition) is 4. The minimum Gasteiger partial charge on any atom is -0.315 e. The first-order valence-electron chi connectivity index (χ1n) is 5.71. The van der Waals surface area contributed by atoms with Crippen LogP contribution in [0.5, 0.6) is 0 Å². The molecule has 1 unspecified atom stereocenters. The Labute approximate surface area is 104 Å². The van der Waals surface area contributed by atoms with Crippen molar-refractivity contribution in [1.82, 2.24) is 19.8 Å². The predicted molar refractivity (Wildman–Crippen MR) is 67.9 cm³/mol. The summed E-state index contributed by atoms with van der Waals surface area (Å²) in [5.41, 5.74) is 7.35. The Morgan fingerprint density at radius 1 is 1.06 bits per heavy atom. The minimum absolute atomic E-state index is 0.629. The van der Waals surface area contributed by atoms with E-state index in [1.54, 1.807) is 10.7 Å². The Morgan fingerprint density at radius 3 is 2.61 bits per heavy atom. The summed E-state index contributed by atoms with van der Waals surface area (Å²) in [6, 6.07) is 13.5. The zero-order chi connectivity index (χ0) is 12.6. The van der Waals surface area contributed by atoms with E-state index in [4.69, 9.17) is 5.73 Å². The lowest BCUT2D eigenvalue weighted by Gasteiger charge is -2.22. The SMILES string of the molecule is CC(N)(c1ccccc1)c1nnc2cccnn12. The fourth-order valence-electron chi connectivity index (χ4n) is 1.98. The molecule has 0 saturated carbocycles. The summed E-state index contributed by atoms with van der Waals surface area (Å²) < 4.78 is 1.67. The van der Waals surface area contributed by atoms with Gasteiger partial charge in [0, 0.05) is 6.20 Å². The van der Waals surface area contributed by atoms with Crippen LogP contribution in [0.2, 0.25) is 0 Å². The maximum atomic E-state index is 6.41. The fourth-order valence-corrected chi connectivity index (χ4v) is 1.98. The Hall–Kier alpha value is -2.27. The molecule has 5 nitrogen and oxygen atoms in total. The van der Waals surface area contributed by atoms with Gasteiger partial charge in [-0.3, -0.25) is 0 Å². The van der Waals surface area contributed by atoms with Gasteiger partial charge in [-0.15, -0.1) is 10.2 Å². The summed E-state index contributed by atoms with van der Waals surface area (Å²) in [6.45, 7) is 1.91. The number of fused-ring (bicyclic) bond motifs is 1. The molecule has 0 aliphatic rings. The molecular weight excluding hydrogens is 226 g/mol. The van der Waals surface area contributed by atoms with Crippen molar-refractivity contribution in [2.45, 2.75) is 12.5 Å². The summed E-state index contributed by atoms with van der Waals surface area (Å²) in [7, 11) is 0. The second-order valence-corrected chi connectivity index (χ2v) is 4.39. The van der Waals surface area contributed by atoms with Gasteiger partial charge in [0.15, 0.2) is 11.5 Å². The smallest absolute Gasteiger partial charge is 0.179 e. The van der Waals surface area contributed by atoms with Crippen LogP contribution in [0.4, 0.5) is 0 Å². The monoisotopic (exact) mass is 239 g/mol. The maximum Gasteiger partial charge on any atom is 0.179 e. The zero-order valence-corrected chi connectivity index (χ0v) is 9.99. The number of benzene rings is 1. The normalized spacial score (nSPS) is 14.6. The largest absolute Gasteiger partial charge is 0.315 e. The molecule has 1 aromatic carbocycles. The van der Waals surface area contributed by atoms with Crippen LogP contribution >= 0.6 is 0 Å². The minimum atomic E-state index is -0.727. The second-order valence-electron chi connectivity index (χ2n) is 4.39. The van der Waals surface area contributed by atoms with Gasteiger partial charge in [-0.05, 0) is 24.6 Å². The molecule has 0 saturated heterocycles. The van der Waals surface area contributed by atoms with E-state index < -0.39 is 5.54 Å². The first-order chi connectivity index (χ1) is 8.69. The molecule has 3 rings (SSSR count). The molecule has 2 aromatic heterocycles. The lowest BCUT2D eigenvalue weighted by atomic mass is 9.92. The summed E-state index contributed by atoms with van der Waals surface area (Å²) in [5.74, 6) is 0.629. The van der Waals surface area contributed by atoms with Gasteiger partial charge in [0.1, 0.15) is 5.54 Å². The number of aromatic nitrogens is 4. The highest BCUT2D eigenvalue weighted by atomic mass is 15.4. The number of hydrogen-bond donors (Lipinski definition) is 1. The topological polar surface area (TPSA) is 69.1 Å². The molecule has 0 spiro atoms. The quantitative estimate of drug-likeness (QED) is 0.732. The molecule has 3 aromatic rings. The molecule has 0 fully saturated rings. The third-order valence-electron chi connectivity index (χ3n) is 3.02. The third-order valence-corrected chi connectivity index (χ3v) is 3.02. The number of nitrogens with zero attached hydrogens (tertiary/aromatic N) is 4. The van der Waals surface area contributed by atoms with Crippen molar-refractivity contribution in [2.24, 2.45) is 5.73 Å². The lowest BCUT2D eigenvalue weighted by Crippen LogP contribution is -2.36. The Bertz CT molecular complexity index is 672. The van der Waals surface area contributed by atoms with Gasteiger partial charge in [0.2, 0.25) is 0 Å². The van der Waals surface area contributed by atoms with Crippen molar-refractivity contribution >= 4 is 5.65 Å². The van der Waals surface area contributed by atoms with Gasteiger partial charge in [0.25, 0.3) is 0 Å². The van der Waals surface area contributed by atoms with Gasteiger partial charge in [-0.2, -0.15) is 9.61 Å². The van der Waals surface area contributed by atoms with E-state index in [2.05, 4.69) is 15.3 Å². The average molecular weight is 239 g/mol. The van der Waals surface area contributed by atoms with Gasteiger partial charge < -0.3 is 5.73 Å². The molecule has 2 N–H and O–H groups in total.